The number of likely N-dealkylation sites (tertiary alicyclic amines) is 2. The molecule has 2 saturated heterocycles. The van der Waals surface area contributed by atoms with Crippen molar-refractivity contribution < 1.29 is 14.5 Å². The number of anilines is 1. The Morgan fingerprint density at radius 2 is 1.72 bits per heavy atom. The number of benzene rings is 1. The third-order valence-electron chi connectivity index (χ3n) is 5.02. The maximum Gasteiger partial charge on any atom is 0.292 e. The molecule has 0 saturated carbocycles. The van der Waals surface area contributed by atoms with Gasteiger partial charge in [0.05, 0.1) is 4.92 Å². The van der Waals surface area contributed by atoms with Gasteiger partial charge < -0.3 is 15.5 Å². The van der Waals surface area contributed by atoms with Crippen LogP contribution in [0.2, 0.25) is 0 Å². The highest BCUT2D eigenvalue weighted by Crippen LogP contribution is 2.26. The van der Waals surface area contributed by atoms with Gasteiger partial charge in [0.1, 0.15) is 5.69 Å². The molecule has 8 heteroatoms. The molecule has 2 aliphatic heterocycles. The molecule has 2 heterocycles. The normalized spacial score (nSPS) is 18.4. The lowest BCUT2D eigenvalue weighted by atomic mass is 9.95. The van der Waals surface area contributed by atoms with E-state index in [2.05, 4.69) is 0 Å². The molecule has 0 unspecified atom stereocenters. The second-order valence-corrected chi connectivity index (χ2v) is 6.63. The van der Waals surface area contributed by atoms with Gasteiger partial charge in [-0.2, -0.15) is 0 Å². The number of amides is 2. The van der Waals surface area contributed by atoms with Crippen LogP contribution in [0, 0.1) is 16.0 Å². The molecule has 2 aliphatic rings. The number of hydrogen-bond donors (Lipinski definition) is 1. The zero-order valence-electron chi connectivity index (χ0n) is 14.0. The number of carbonyl (C=O) groups excluding carboxylic acids is 2. The van der Waals surface area contributed by atoms with Crippen LogP contribution in [0.15, 0.2) is 18.2 Å². The van der Waals surface area contributed by atoms with Crippen LogP contribution >= 0.6 is 0 Å². The smallest absolute Gasteiger partial charge is 0.292 e. The number of nitrogens with two attached hydrogens (primary N) is 1. The van der Waals surface area contributed by atoms with E-state index in [4.69, 9.17) is 5.73 Å². The summed E-state index contributed by atoms with van der Waals surface area (Å²) in [5.74, 6) is -0.0780. The highest BCUT2D eigenvalue weighted by atomic mass is 16.6. The lowest BCUT2D eigenvalue weighted by Gasteiger charge is -2.33. The van der Waals surface area contributed by atoms with Crippen molar-refractivity contribution in [2.24, 2.45) is 5.92 Å². The third kappa shape index (κ3) is 3.57. The van der Waals surface area contributed by atoms with Gasteiger partial charge >= 0.3 is 0 Å². The number of nitrogens with zero attached hydrogens (tertiary/aromatic N) is 3. The molecule has 1 aromatic carbocycles. The second kappa shape index (κ2) is 7.08. The SMILES string of the molecule is Nc1ccc(C(=O)N2CCC(C(=O)N3CCCC3)CC2)cc1[N+](=O)[O-]. The number of hydrogen-bond acceptors (Lipinski definition) is 5. The van der Waals surface area contributed by atoms with E-state index in [1.54, 1.807) is 4.90 Å². The molecule has 3 rings (SSSR count). The van der Waals surface area contributed by atoms with Crippen molar-refractivity contribution >= 4 is 23.2 Å². The van der Waals surface area contributed by atoms with E-state index in [1.165, 1.54) is 18.2 Å². The molecule has 1 aromatic rings. The molecule has 2 amide bonds. The van der Waals surface area contributed by atoms with Crippen LogP contribution in [0.1, 0.15) is 36.0 Å². The summed E-state index contributed by atoms with van der Waals surface area (Å²) in [4.78, 5) is 39.0. The van der Waals surface area contributed by atoms with Gasteiger partial charge in [-0.3, -0.25) is 19.7 Å². The largest absolute Gasteiger partial charge is 0.393 e. The van der Waals surface area contributed by atoms with Gasteiger partial charge in [0.25, 0.3) is 11.6 Å². The molecule has 25 heavy (non-hydrogen) atoms. The highest BCUT2D eigenvalue weighted by Gasteiger charge is 2.31. The molecule has 0 radical (unpaired) electrons. The maximum atomic E-state index is 12.6. The molecule has 2 fully saturated rings. The first kappa shape index (κ1) is 17.2. The summed E-state index contributed by atoms with van der Waals surface area (Å²) in [7, 11) is 0. The average Bonchev–Trinajstić information content (AvgIpc) is 3.15. The van der Waals surface area contributed by atoms with Gasteiger partial charge in [0.15, 0.2) is 0 Å². The minimum absolute atomic E-state index is 0.0251. The van der Waals surface area contributed by atoms with Crippen LogP contribution in [-0.2, 0) is 4.79 Å². The molecule has 0 aromatic heterocycles. The van der Waals surface area contributed by atoms with E-state index in [-0.39, 0.29) is 34.7 Å². The number of nitrogen functional groups attached to an aromatic ring is 1. The summed E-state index contributed by atoms with van der Waals surface area (Å²) in [6, 6.07) is 4.11. The van der Waals surface area contributed by atoms with E-state index >= 15 is 0 Å². The fraction of sp³-hybridized carbons (Fsp3) is 0.529. The molecule has 0 atom stereocenters. The van der Waals surface area contributed by atoms with Gasteiger partial charge in [-0.1, -0.05) is 0 Å². The van der Waals surface area contributed by atoms with Gasteiger partial charge in [-0.25, -0.2) is 0 Å². The first-order valence-corrected chi connectivity index (χ1v) is 8.59. The van der Waals surface area contributed by atoms with Crippen molar-refractivity contribution in [3.63, 3.8) is 0 Å². The lowest BCUT2D eigenvalue weighted by Crippen LogP contribution is -2.43. The van der Waals surface area contributed by atoms with Crippen LogP contribution < -0.4 is 5.73 Å². The van der Waals surface area contributed by atoms with Crippen molar-refractivity contribution in [3.8, 4) is 0 Å². The summed E-state index contributed by atoms with van der Waals surface area (Å²) in [6.45, 7) is 2.66. The Hall–Kier alpha value is -2.64. The van der Waals surface area contributed by atoms with Gasteiger partial charge in [0.2, 0.25) is 5.91 Å². The predicted molar refractivity (Wildman–Crippen MR) is 92.0 cm³/mol. The number of nitro benzene ring substituents is 1. The Labute approximate surface area is 145 Å². The van der Waals surface area contributed by atoms with Crippen molar-refractivity contribution in [3.05, 3.63) is 33.9 Å². The molecule has 134 valence electrons. The zero-order valence-corrected chi connectivity index (χ0v) is 14.0. The Kier molecular flexibility index (Phi) is 4.87. The van der Waals surface area contributed by atoms with Crippen LogP contribution in [-0.4, -0.2) is 52.7 Å². The van der Waals surface area contributed by atoms with Crippen molar-refractivity contribution in [2.75, 3.05) is 31.9 Å². The molecule has 2 N–H and O–H groups in total. The zero-order chi connectivity index (χ0) is 18.0. The summed E-state index contributed by atoms with van der Waals surface area (Å²) in [5.41, 5.74) is 5.61. The molecule has 0 spiro atoms. The van der Waals surface area contributed by atoms with Crippen molar-refractivity contribution in [1.82, 2.24) is 9.80 Å². The first-order chi connectivity index (χ1) is 12.0. The van der Waals surface area contributed by atoms with Gasteiger partial charge in [0, 0.05) is 43.7 Å². The van der Waals surface area contributed by atoms with Crippen LogP contribution in [0.25, 0.3) is 0 Å². The minimum Gasteiger partial charge on any atom is -0.393 e. The van der Waals surface area contributed by atoms with E-state index in [9.17, 15) is 19.7 Å². The highest BCUT2D eigenvalue weighted by molar-refractivity contribution is 5.95. The van der Waals surface area contributed by atoms with E-state index in [0.717, 1.165) is 25.9 Å². The number of rotatable bonds is 3. The van der Waals surface area contributed by atoms with Crippen LogP contribution in [0.3, 0.4) is 0 Å². The minimum atomic E-state index is -0.590. The molecule has 8 nitrogen and oxygen atoms in total. The Morgan fingerprint density at radius 1 is 1.08 bits per heavy atom. The van der Waals surface area contributed by atoms with Crippen LogP contribution in [0.4, 0.5) is 11.4 Å². The summed E-state index contributed by atoms with van der Waals surface area (Å²) in [6.07, 6.45) is 3.41. The summed E-state index contributed by atoms with van der Waals surface area (Å²) < 4.78 is 0. The van der Waals surface area contributed by atoms with E-state index < -0.39 is 4.92 Å². The second-order valence-electron chi connectivity index (χ2n) is 6.63. The number of carbonyl (C=O) groups is 2. The Morgan fingerprint density at radius 3 is 2.32 bits per heavy atom. The predicted octanol–water partition coefficient (Wildman–Crippen LogP) is 1.65. The fourth-order valence-corrected chi connectivity index (χ4v) is 3.54. The quantitative estimate of drug-likeness (QED) is 0.508. The molecule has 0 bridgehead atoms. The monoisotopic (exact) mass is 346 g/mol. The Bertz CT molecular complexity index is 692. The molecular weight excluding hydrogens is 324 g/mol. The van der Waals surface area contributed by atoms with Gasteiger partial charge in [-0.15, -0.1) is 0 Å². The number of piperidine rings is 1. The summed E-state index contributed by atoms with van der Waals surface area (Å²) in [5, 5.41) is 11.0. The topological polar surface area (TPSA) is 110 Å². The lowest BCUT2D eigenvalue weighted by molar-refractivity contribution is -0.383. The standard InChI is InChI=1S/C17H22N4O4/c18-14-4-3-13(11-15(14)21(24)25)17(23)20-9-5-12(6-10-20)16(22)19-7-1-2-8-19/h3-4,11-12H,1-2,5-10,18H2. The van der Waals surface area contributed by atoms with E-state index in [0.29, 0.717) is 25.9 Å². The molecular formula is C17H22N4O4. The van der Waals surface area contributed by atoms with Crippen molar-refractivity contribution in [1.29, 1.82) is 0 Å². The Balaban J connectivity index is 1.62. The van der Waals surface area contributed by atoms with Gasteiger partial charge in [-0.05, 0) is 37.8 Å². The number of nitro groups is 1. The maximum absolute atomic E-state index is 12.6. The van der Waals surface area contributed by atoms with E-state index in [1.807, 2.05) is 4.90 Å². The third-order valence-corrected chi connectivity index (χ3v) is 5.02. The molecule has 0 aliphatic carbocycles. The fourth-order valence-electron chi connectivity index (χ4n) is 3.54. The van der Waals surface area contributed by atoms with Crippen molar-refractivity contribution in [2.45, 2.75) is 25.7 Å². The van der Waals surface area contributed by atoms with Crippen LogP contribution in [0.5, 0.6) is 0 Å². The average molecular weight is 346 g/mol. The first-order valence-electron chi connectivity index (χ1n) is 8.59. The summed E-state index contributed by atoms with van der Waals surface area (Å²) >= 11 is 0.